The Morgan fingerprint density at radius 1 is 1.35 bits per heavy atom. The average Bonchev–Trinajstić information content (AvgIpc) is 3.03. The van der Waals surface area contributed by atoms with Gasteiger partial charge < -0.3 is 10.4 Å². The quantitative estimate of drug-likeness (QED) is 0.860. The molecule has 0 saturated heterocycles. The lowest BCUT2D eigenvalue weighted by Crippen LogP contribution is -2.27. The minimum absolute atomic E-state index is 0.0896. The maximum Gasteiger partial charge on any atom is 0.303 e. The summed E-state index contributed by atoms with van der Waals surface area (Å²) in [4.78, 5) is 29.4. The summed E-state index contributed by atoms with van der Waals surface area (Å²) in [5, 5.41) is 12.7. The molecular formula is C17H24N2O3S. The molecule has 0 radical (unpaired) electrons. The Bertz CT molecular complexity index is 605. The van der Waals surface area contributed by atoms with Crippen LogP contribution in [-0.2, 0) is 22.4 Å². The van der Waals surface area contributed by atoms with E-state index in [0.29, 0.717) is 17.5 Å². The maximum atomic E-state index is 12.4. The fourth-order valence-corrected chi connectivity index (χ4v) is 5.15. The summed E-state index contributed by atoms with van der Waals surface area (Å²) >= 11 is 1.58. The van der Waals surface area contributed by atoms with Crippen LogP contribution in [0.1, 0.15) is 62.4 Å². The van der Waals surface area contributed by atoms with Crippen LogP contribution in [0, 0.1) is 11.3 Å². The highest BCUT2D eigenvalue weighted by Crippen LogP contribution is 2.44. The Morgan fingerprint density at radius 3 is 2.78 bits per heavy atom. The number of hydrogen-bond acceptors (Lipinski definition) is 4. The SMILES string of the molecule is C[C@H]1CCc2nc(NC(=O)CC3(CC(=O)O)CCCC3)sc2C1. The number of fused-ring (bicyclic) bond motifs is 1. The molecule has 1 atom stereocenters. The normalized spacial score (nSPS) is 22.6. The van der Waals surface area contributed by atoms with Gasteiger partial charge >= 0.3 is 5.97 Å². The molecule has 0 spiro atoms. The standard InChI is InChI=1S/C17H24N2O3S/c1-11-4-5-12-13(8-11)23-16(18-12)19-14(20)9-17(10-15(21)22)6-2-3-7-17/h11H,2-10H2,1H3,(H,21,22)(H,18,19,20)/t11-/m0/s1. The molecule has 6 heteroatoms. The van der Waals surface area contributed by atoms with Gasteiger partial charge in [-0.15, -0.1) is 11.3 Å². The molecule has 0 aliphatic heterocycles. The first-order valence-electron chi connectivity index (χ1n) is 8.46. The number of rotatable bonds is 5. The first kappa shape index (κ1) is 16.4. The van der Waals surface area contributed by atoms with Gasteiger partial charge in [-0.05, 0) is 43.4 Å². The lowest BCUT2D eigenvalue weighted by molar-refractivity contribution is -0.140. The lowest BCUT2D eigenvalue weighted by atomic mass is 9.79. The van der Waals surface area contributed by atoms with E-state index >= 15 is 0 Å². The molecule has 1 aromatic heterocycles. The molecule has 23 heavy (non-hydrogen) atoms. The molecule has 1 fully saturated rings. The van der Waals surface area contributed by atoms with E-state index in [2.05, 4.69) is 17.2 Å². The van der Waals surface area contributed by atoms with Gasteiger partial charge in [0.2, 0.25) is 5.91 Å². The lowest BCUT2D eigenvalue weighted by Gasteiger charge is -2.25. The number of carbonyl (C=O) groups excluding carboxylic acids is 1. The van der Waals surface area contributed by atoms with E-state index in [1.54, 1.807) is 11.3 Å². The van der Waals surface area contributed by atoms with Crippen LogP contribution in [0.15, 0.2) is 0 Å². The Kier molecular flexibility index (Phi) is 4.71. The predicted octanol–water partition coefficient (Wildman–Crippen LogP) is 3.63. The van der Waals surface area contributed by atoms with Crippen molar-refractivity contribution in [2.75, 3.05) is 5.32 Å². The first-order valence-corrected chi connectivity index (χ1v) is 9.28. The molecule has 1 saturated carbocycles. The van der Waals surface area contributed by atoms with E-state index in [9.17, 15) is 9.59 Å². The number of hydrogen-bond donors (Lipinski definition) is 2. The van der Waals surface area contributed by atoms with Crippen LogP contribution in [0.5, 0.6) is 0 Å². The highest BCUT2D eigenvalue weighted by atomic mass is 32.1. The number of thiazole rings is 1. The summed E-state index contributed by atoms with van der Waals surface area (Å²) in [6.45, 7) is 2.25. The largest absolute Gasteiger partial charge is 0.481 e. The smallest absolute Gasteiger partial charge is 0.303 e. The fourth-order valence-electron chi connectivity index (χ4n) is 3.96. The van der Waals surface area contributed by atoms with Crippen molar-refractivity contribution < 1.29 is 14.7 Å². The number of amides is 1. The Morgan fingerprint density at radius 2 is 2.09 bits per heavy atom. The van der Waals surface area contributed by atoms with Gasteiger partial charge in [-0.1, -0.05) is 19.8 Å². The van der Waals surface area contributed by atoms with Crippen molar-refractivity contribution in [2.45, 2.75) is 64.7 Å². The summed E-state index contributed by atoms with van der Waals surface area (Å²) in [7, 11) is 0. The molecule has 0 aromatic carbocycles. The molecule has 126 valence electrons. The number of carboxylic acid groups (broad SMARTS) is 1. The molecule has 0 unspecified atom stereocenters. The zero-order valence-corrected chi connectivity index (χ0v) is 14.4. The number of nitrogens with one attached hydrogen (secondary N) is 1. The predicted molar refractivity (Wildman–Crippen MR) is 89.7 cm³/mol. The summed E-state index contributed by atoms with van der Waals surface area (Å²) in [6.07, 6.45) is 7.28. The van der Waals surface area contributed by atoms with E-state index in [1.807, 2.05) is 0 Å². The Hall–Kier alpha value is -1.43. The van der Waals surface area contributed by atoms with Crippen molar-refractivity contribution in [3.63, 3.8) is 0 Å². The number of anilines is 1. The Balaban J connectivity index is 1.64. The van der Waals surface area contributed by atoms with Crippen LogP contribution in [0.2, 0.25) is 0 Å². The van der Waals surface area contributed by atoms with Crippen molar-refractivity contribution in [3.8, 4) is 0 Å². The van der Waals surface area contributed by atoms with Crippen molar-refractivity contribution in [3.05, 3.63) is 10.6 Å². The van der Waals surface area contributed by atoms with Gasteiger partial charge in [0.05, 0.1) is 12.1 Å². The van der Waals surface area contributed by atoms with Gasteiger partial charge in [0.1, 0.15) is 0 Å². The third-order valence-electron chi connectivity index (χ3n) is 5.16. The second-order valence-corrected chi connectivity index (χ2v) is 8.32. The van der Waals surface area contributed by atoms with Crippen molar-refractivity contribution in [1.29, 1.82) is 0 Å². The number of carbonyl (C=O) groups is 2. The molecule has 0 bridgehead atoms. The minimum Gasteiger partial charge on any atom is -0.481 e. The topological polar surface area (TPSA) is 79.3 Å². The molecule has 2 N–H and O–H groups in total. The number of aliphatic carboxylic acids is 1. The summed E-state index contributed by atoms with van der Waals surface area (Å²) in [6, 6.07) is 0. The molecule has 3 rings (SSSR count). The third kappa shape index (κ3) is 3.91. The van der Waals surface area contributed by atoms with Crippen molar-refractivity contribution >= 4 is 28.3 Å². The molecule has 1 amide bonds. The number of carboxylic acids is 1. The van der Waals surface area contributed by atoms with E-state index < -0.39 is 5.97 Å². The van der Waals surface area contributed by atoms with Gasteiger partial charge in [-0.25, -0.2) is 4.98 Å². The molecule has 1 heterocycles. The zero-order chi connectivity index (χ0) is 16.4. The van der Waals surface area contributed by atoms with Crippen LogP contribution in [0.4, 0.5) is 5.13 Å². The van der Waals surface area contributed by atoms with E-state index in [-0.39, 0.29) is 17.7 Å². The molecule has 1 aromatic rings. The van der Waals surface area contributed by atoms with Gasteiger partial charge in [0.15, 0.2) is 5.13 Å². The van der Waals surface area contributed by atoms with Crippen LogP contribution in [-0.4, -0.2) is 22.0 Å². The van der Waals surface area contributed by atoms with Gasteiger partial charge in [-0.2, -0.15) is 0 Å². The van der Waals surface area contributed by atoms with Gasteiger partial charge in [0.25, 0.3) is 0 Å². The first-order chi connectivity index (χ1) is 11.0. The average molecular weight is 336 g/mol. The molecule has 2 aliphatic rings. The maximum absolute atomic E-state index is 12.4. The van der Waals surface area contributed by atoms with Crippen LogP contribution >= 0.6 is 11.3 Å². The zero-order valence-electron chi connectivity index (χ0n) is 13.6. The summed E-state index contributed by atoms with van der Waals surface area (Å²) in [5.41, 5.74) is 0.769. The molecular weight excluding hydrogens is 312 g/mol. The Labute approximate surface area is 140 Å². The van der Waals surface area contributed by atoms with Crippen molar-refractivity contribution in [2.24, 2.45) is 11.3 Å². The third-order valence-corrected chi connectivity index (χ3v) is 6.19. The highest BCUT2D eigenvalue weighted by Gasteiger charge is 2.38. The van der Waals surface area contributed by atoms with Crippen LogP contribution < -0.4 is 5.32 Å². The van der Waals surface area contributed by atoms with E-state index in [0.717, 1.165) is 50.6 Å². The highest BCUT2D eigenvalue weighted by molar-refractivity contribution is 7.15. The fraction of sp³-hybridized carbons (Fsp3) is 0.706. The number of aromatic nitrogens is 1. The van der Waals surface area contributed by atoms with Gasteiger partial charge in [-0.3, -0.25) is 9.59 Å². The van der Waals surface area contributed by atoms with E-state index in [1.165, 1.54) is 4.88 Å². The summed E-state index contributed by atoms with van der Waals surface area (Å²) < 4.78 is 0. The molecule has 2 aliphatic carbocycles. The summed E-state index contributed by atoms with van der Waals surface area (Å²) in [5.74, 6) is -0.213. The van der Waals surface area contributed by atoms with Crippen LogP contribution in [0.25, 0.3) is 0 Å². The molecule has 5 nitrogen and oxygen atoms in total. The van der Waals surface area contributed by atoms with Crippen LogP contribution in [0.3, 0.4) is 0 Å². The monoisotopic (exact) mass is 336 g/mol. The number of nitrogens with zero attached hydrogens (tertiary/aromatic N) is 1. The minimum atomic E-state index is -0.807. The van der Waals surface area contributed by atoms with Crippen molar-refractivity contribution in [1.82, 2.24) is 4.98 Å². The number of aryl methyl sites for hydroxylation is 1. The second-order valence-electron chi connectivity index (χ2n) is 7.24. The second kappa shape index (κ2) is 6.59. The van der Waals surface area contributed by atoms with E-state index in [4.69, 9.17) is 5.11 Å². The van der Waals surface area contributed by atoms with Gasteiger partial charge in [0, 0.05) is 11.3 Å².